The summed E-state index contributed by atoms with van der Waals surface area (Å²) in [5.41, 5.74) is 0. The summed E-state index contributed by atoms with van der Waals surface area (Å²) in [5.74, 6) is 1.81. The van der Waals surface area contributed by atoms with Gasteiger partial charge in [-0.15, -0.1) is 0 Å². The Morgan fingerprint density at radius 3 is 2.58 bits per heavy atom. The van der Waals surface area contributed by atoms with Crippen molar-refractivity contribution in [2.24, 2.45) is 0 Å². The molecule has 100 valence electrons. The fourth-order valence-corrected chi connectivity index (χ4v) is 2.49. The van der Waals surface area contributed by atoms with Crippen molar-refractivity contribution in [3.05, 3.63) is 42.2 Å². The van der Waals surface area contributed by atoms with Crippen LogP contribution in [0.4, 0.5) is 5.82 Å². The van der Waals surface area contributed by atoms with Gasteiger partial charge in [0.25, 0.3) is 0 Å². The molecule has 19 heavy (non-hydrogen) atoms. The highest BCUT2D eigenvalue weighted by molar-refractivity contribution is 7.99. The summed E-state index contributed by atoms with van der Waals surface area (Å²) < 4.78 is 0. The molecule has 0 fully saturated rings. The van der Waals surface area contributed by atoms with Crippen molar-refractivity contribution in [2.75, 3.05) is 11.9 Å². The normalized spacial score (nSPS) is 10.4. The van der Waals surface area contributed by atoms with E-state index in [0.717, 1.165) is 36.1 Å². The van der Waals surface area contributed by atoms with E-state index in [1.165, 1.54) is 4.90 Å². The van der Waals surface area contributed by atoms with Crippen LogP contribution >= 0.6 is 11.8 Å². The Bertz CT molecular complexity index is 514. The van der Waals surface area contributed by atoms with Crippen LogP contribution in [0.3, 0.4) is 0 Å². The van der Waals surface area contributed by atoms with Crippen molar-refractivity contribution < 1.29 is 0 Å². The molecule has 0 amide bonds. The van der Waals surface area contributed by atoms with Gasteiger partial charge in [-0.3, -0.25) is 0 Å². The zero-order valence-corrected chi connectivity index (χ0v) is 12.2. The highest BCUT2D eigenvalue weighted by Gasteiger charge is 2.05. The Labute approximate surface area is 118 Å². The minimum Gasteiger partial charge on any atom is -0.370 e. The highest BCUT2D eigenvalue weighted by atomic mass is 32.2. The van der Waals surface area contributed by atoms with E-state index in [2.05, 4.69) is 41.3 Å². The van der Waals surface area contributed by atoms with Crippen molar-refractivity contribution >= 4 is 17.6 Å². The minimum absolute atomic E-state index is 0.851. The molecule has 0 spiro atoms. The van der Waals surface area contributed by atoms with Crippen LogP contribution in [0.25, 0.3) is 0 Å². The van der Waals surface area contributed by atoms with E-state index in [-0.39, 0.29) is 0 Å². The van der Waals surface area contributed by atoms with Gasteiger partial charge in [-0.2, -0.15) is 0 Å². The van der Waals surface area contributed by atoms with E-state index >= 15 is 0 Å². The van der Waals surface area contributed by atoms with Gasteiger partial charge in [0, 0.05) is 23.9 Å². The fourth-order valence-electron chi connectivity index (χ4n) is 1.64. The first-order chi connectivity index (χ1) is 9.31. The van der Waals surface area contributed by atoms with Crippen LogP contribution in [0.2, 0.25) is 0 Å². The predicted octanol–water partition coefficient (Wildman–Crippen LogP) is 4.01. The van der Waals surface area contributed by atoms with E-state index in [4.69, 9.17) is 0 Å². The molecule has 1 N–H and O–H groups in total. The molecule has 4 heteroatoms. The average Bonchev–Trinajstić information content (AvgIpc) is 2.46. The summed E-state index contributed by atoms with van der Waals surface area (Å²) in [6.07, 6.45) is 1.94. The number of rotatable bonds is 6. The lowest BCUT2D eigenvalue weighted by Crippen LogP contribution is -2.05. The third kappa shape index (κ3) is 4.24. The van der Waals surface area contributed by atoms with Gasteiger partial charge in [-0.05, 0) is 18.6 Å². The lowest BCUT2D eigenvalue weighted by atomic mass is 10.4. The number of nitrogens with one attached hydrogen (secondary N) is 1. The van der Waals surface area contributed by atoms with Crippen molar-refractivity contribution in [1.29, 1.82) is 0 Å². The van der Waals surface area contributed by atoms with Crippen LogP contribution in [0, 0.1) is 0 Å². The first-order valence-electron chi connectivity index (χ1n) is 6.66. The molecule has 2 aromatic rings. The third-order valence-electron chi connectivity index (χ3n) is 2.59. The molecular weight excluding hydrogens is 254 g/mol. The predicted molar refractivity (Wildman–Crippen MR) is 80.8 cm³/mol. The quantitative estimate of drug-likeness (QED) is 0.807. The number of anilines is 1. The zero-order valence-electron chi connectivity index (χ0n) is 11.4. The number of nitrogens with zero attached hydrogens (tertiary/aromatic N) is 2. The summed E-state index contributed by atoms with van der Waals surface area (Å²) >= 11 is 1.67. The van der Waals surface area contributed by atoms with E-state index in [1.807, 2.05) is 24.3 Å². The fraction of sp³-hybridized carbons (Fsp3) is 0.333. The maximum absolute atomic E-state index is 4.57. The molecular formula is C15H19N3S. The third-order valence-corrected chi connectivity index (χ3v) is 3.51. The van der Waals surface area contributed by atoms with Gasteiger partial charge in [0.15, 0.2) is 0 Å². The Morgan fingerprint density at radius 1 is 1.11 bits per heavy atom. The standard InChI is InChI=1S/C15H19N3S/c1-3-10-16-14-11-15(18-13(4-2)17-14)19-12-8-6-5-7-9-12/h5-9,11H,3-4,10H2,1-2H3,(H,16,17,18). The average molecular weight is 273 g/mol. The Kier molecular flexibility index (Phi) is 5.21. The van der Waals surface area contributed by atoms with E-state index in [1.54, 1.807) is 11.8 Å². The van der Waals surface area contributed by atoms with Gasteiger partial charge in [0.2, 0.25) is 0 Å². The summed E-state index contributed by atoms with van der Waals surface area (Å²) in [6, 6.07) is 12.3. The number of aryl methyl sites for hydroxylation is 1. The first-order valence-corrected chi connectivity index (χ1v) is 7.48. The molecule has 1 heterocycles. The SMILES string of the molecule is CCCNc1cc(Sc2ccccc2)nc(CC)n1. The summed E-state index contributed by atoms with van der Waals surface area (Å²) in [4.78, 5) is 10.3. The number of benzene rings is 1. The minimum atomic E-state index is 0.851. The van der Waals surface area contributed by atoms with Gasteiger partial charge in [0.05, 0.1) is 0 Å². The highest BCUT2D eigenvalue weighted by Crippen LogP contribution is 2.27. The van der Waals surface area contributed by atoms with Crippen LogP contribution < -0.4 is 5.32 Å². The molecule has 0 aliphatic rings. The summed E-state index contributed by atoms with van der Waals surface area (Å²) in [6.45, 7) is 5.17. The molecule has 1 aromatic heterocycles. The second-order valence-electron chi connectivity index (χ2n) is 4.20. The Hall–Kier alpha value is -1.55. The molecule has 0 unspecified atom stereocenters. The van der Waals surface area contributed by atoms with Crippen molar-refractivity contribution in [3.63, 3.8) is 0 Å². The van der Waals surface area contributed by atoms with E-state index in [9.17, 15) is 0 Å². The topological polar surface area (TPSA) is 37.8 Å². The smallest absolute Gasteiger partial charge is 0.131 e. The van der Waals surface area contributed by atoms with Crippen LogP contribution in [-0.4, -0.2) is 16.5 Å². The molecule has 3 nitrogen and oxygen atoms in total. The second-order valence-corrected chi connectivity index (χ2v) is 5.30. The summed E-state index contributed by atoms with van der Waals surface area (Å²) in [7, 11) is 0. The van der Waals surface area contributed by atoms with Gasteiger partial charge in [-0.25, -0.2) is 9.97 Å². The Morgan fingerprint density at radius 2 is 1.89 bits per heavy atom. The molecule has 0 aliphatic carbocycles. The van der Waals surface area contributed by atoms with Gasteiger partial charge in [0.1, 0.15) is 16.7 Å². The number of hydrogen-bond acceptors (Lipinski definition) is 4. The molecule has 0 radical (unpaired) electrons. The number of aromatic nitrogens is 2. The van der Waals surface area contributed by atoms with Gasteiger partial charge in [-0.1, -0.05) is 43.8 Å². The van der Waals surface area contributed by atoms with E-state index in [0.29, 0.717) is 0 Å². The first kappa shape index (κ1) is 13.9. The van der Waals surface area contributed by atoms with E-state index < -0.39 is 0 Å². The molecule has 0 saturated heterocycles. The lowest BCUT2D eigenvalue weighted by Gasteiger charge is -2.08. The van der Waals surface area contributed by atoms with Crippen LogP contribution in [0.5, 0.6) is 0 Å². The molecule has 0 aliphatic heterocycles. The van der Waals surface area contributed by atoms with Crippen LogP contribution in [0.1, 0.15) is 26.1 Å². The monoisotopic (exact) mass is 273 g/mol. The lowest BCUT2D eigenvalue weighted by molar-refractivity contribution is 0.877. The van der Waals surface area contributed by atoms with Crippen molar-refractivity contribution in [3.8, 4) is 0 Å². The molecule has 0 saturated carbocycles. The van der Waals surface area contributed by atoms with Crippen molar-refractivity contribution in [2.45, 2.75) is 36.6 Å². The van der Waals surface area contributed by atoms with Gasteiger partial charge >= 0.3 is 0 Å². The summed E-state index contributed by atoms with van der Waals surface area (Å²) in [5, 5.41) is 4.33. The second kappa shape index (κ2) is 7.14. The van der Waals surface area contributed by atoms with Crippen molar-refractivity contribution in [1.82, 2.24) is 9.97 Å². The molecule has 1 aromatic carbocycles. The molecule has 2 rings (SSSR count). The molecule has 0 atom stereocenters. The van der Waals surface area contributed by atoms with Crippen LogP contribution in [0.15, 0.2) is 46.3 Å². The maximum Gasteiger partial charge on any atom is 0.131 e. The Balaban J connectivity index is 2.19. The largest absolute Gasteiger partial charge is 0.370 e. The maximum atomic E-state index is 4.57. The number of hydrogen-bond donors (Lipinski definition) is 1. The zero-order chi connectivity index (χ0) is 13.5. The molecule has 0 bridgehead atoms. The van der Waals surface area contributed by atoms with Gasteiger partial charge < -0.3 is 5.32 Å². The van der Waals surface area contributed by atoms with Crippen LogP contribution in [-0.2, 0) is 6.42 Å².